The molecule has 1 aliphatic carbocycles. The van der Waals surface area contributed by atoms with E-state index in [2.05, 4.69) is 25.7 Å². The van der Waals surface area contributed by atoms with Gasteiger partial charge in [0.1, 0.15) is 5.75 Å². The first kappa shape index (κ1) is 20.9. The molecule has 2 rings (SSSR count). The summed E-state index contributed by atoms with van der Waals surface area (Å²) >= 11 is 0. The zero-order valence-corrected chi connectivity index (χ0v) is 15.6. The van der Waals surface area contributed by atoms with Crippen molar-refractivity contribution in [1.82, 2.24) is 16.0 Å². The minimum Gasteiger partial charge on any atom is -0.434 e. The molecule has 27 heavy (non-hydrogen) atoms. The molecule has 1 aliphatic rings. The fourth-order valence-electron chi connectivity index (χ4n) is 3.10. The third-order valence-electron chi connectivity index (χ3n) is 4.47. The molecule has 1 fully saturated rings. The molecule has 0 bridgehead atoms. The highest BCUT2D eigenvalue weighted by Gasteiger charge is 2.15. The van der Waals surface area contributed by atoms with Crippen molar-refractivity contribution in [1.29, 1.82) is 0 Å². The number of para-hydroxylation sites is 1. The Morgan fingerprint density at radius 1 is 1.22 bits per heavy atom. The van der Waals surface area contributed by atoms with Gasteiger partial charge in [0.05, 0.1) is 0 Å². The summed E-state index contributed by atoms with van der Waals surface area (Å²) in [5.41, 5.74) is 0.593. The lowest BCUT2D eigenvalue weighted by Crippen LogP contribution is -2.41. The molecule has 1 aromatic carbocycles. The van der Waals surface area contributed by atoms with Crippen molar-refractivity contribution in [3.63, 3.8) is 0 Å². The number of benzene rings is 1. The number of hydrogen-bond donors (Lipinski definition) is 3. The molecule has 3 N–H and O–H groups in total. The summed E-state index contributed by atoms with van der Waals surface area (Å²) in [6.07, 6.45) is 6.07. The maximum Gasteiger partial charge on any atom is 0.387 e. The number of alkyl halides is 2. The van der Waals surface area contributed by atoms with E-state index in [0.29, 0.717) is 30.5 Å². The standard InChI is InChI=1S/C19H28F2N4O2/c1-22-19(23-12-11-17(26)25-15-8-3-2-4-9-15)24-13-14-7-5-6-10-16(14)27-18(20)21/h5-7,10,15,18H,2-4,8-9,11-13H2,1H3,(H,25,26)(H2,22,23,24). The zero-order valence-electron chi connectivity index (χ0n) is 15.6. The molecule has 0 unspecified atom stereocenters. The SMILES string of the molecule is CN=C(NCCC(=O)NC1CCCCC1)NCc1ccccc1OC(F)F. The van der Waals surface area contributed by atoms with Crippen molar-refractivity contribution >= 4 is 11.9 Å². The van der Waals surface area contributed by atoms with Crippen LogP contribution < -0.4 is 20.7 Å². The van der Waals surface area contributed by atoms with E-state index in [4.69, 9.17) is 0 Å². The minimum atomic E-state index is -2.87. The lowest BCUT2D eigenvalue weighted by Gasteiger charge is -2.22. The highest BCUT2D eigenvalue weighted by atomic mass is 19.3. The number of carbonyl (C=O) groups is 1. The van der Waals surface area contributed by atoms with Gasteiger partial charge in [0, 0.05) is 38.2 Å². The van der Waals surface area contributed by atoms with Gasteiger partial charge in [0.2, 0.25) is 5.91 Å². The van der Waals surface area contributed by atoms with Crippen LogP contribution in [-0.2, 0) is 11.3 Å². The van der Waals surface area contributed by atoms with Gasteiger partial charge in [0.15, 0.2) is 5.96 Å². The summed E-state index contributed by atoms with van der Waals surface area (Å²) in [7, 11) is 1.61. The van der Waals surface area contributed by atoms with Gasteiger partial charge in [-0.15, -0.1) is 0 Å². The van der Waals surface area contributed by atoms with Gasteiger partial charge in [0.25, 0.3) is 0 Å². The Morgan fingerprint density at radius 3 is 2.67 bits per heavy atom. The predicted molar refractivity (Wildman–Crippen MR) is 101 cm³/mol. The smallest absolute Gasteiger partial charge is 0.387 e. The fourth-order valence-corrected chi connectivity index (χ4v) is 3.10. The average molecular weight is 382 g/mol. The second-order valence-electron chi connectivity index (χ2n) is 6.49. The van der Waals surface area contributed by atoms with Crippen LogP contribution in [0.2, 0.25) is 0 Å². The molecule has 0 radical (unpaired) electrons. The molecule has 0 heterocycles. The van der Waals surface area contributed by atoms with Gasteiger partial charge in [-0.3, -0.25) is 9.79 Å². The molecule has 0 saturated heterocycles. The Hall–Kier alpha value is -2.38. The van der Waals surface area contributed by atoms with E-state index >= 15 is 0 Å². The molecule has 1 amide bonds. The Kier molecular flexibility index (Phi) is 8.80. The Balaban J connectivity index is 1.72. The molecule has 1 aromatic rings. The second kappa shape index (κ2) is 11.4. The van der Waals surface area contributed by atoms with E-state index in [-0.39, 0.29) is 18.2 Å². The van der Waals surface area contributed by atoms with Crippen LogP contribution in [0, 0.1) is 0 Å². The maximum atomic E-state index is 12.5. The van der Waals surface area contributed by atoms with Crippen LogP contribution in [0.3, 0.4) is 0 Å². The lowest BCUT2D eigenvalue weighted by atomic mass is 9.95. The molecule has 0 aromatic heterocycles. The van der Waals surface area contributed by atoms with Crippen LogP contribution in [0.5, 0.6) is 5.75 Å². The molecule has 6 nitrogen and oxygen atoms in total. The molecular formula is C19H28F2N4O2. The van der Waals surface area contributed by atoms with Gasteiger partial charge < -0.3 is 20.7 Å². The third kappa shape index (κ3) is 7.80. The number of ether oxygens (including phenoxy) is 1. The monoisotopic (exact) mass is 382 g/mol. The summed E-state index contributed by atoms with van der Waals surface area (Å²) in [4.78, 5) is 16.1. The summed E-state index contributed by atoms with van der Waals surface area (Å²) in [6, 6.07) is 6.89. The van der Waals surface area contributed by atoms with Gasteiger partial charge in [-0.25, -0.2) is 0 Å². The molecule has 0 aliphatic heterocycles. The first-order valence-corrected chi connectivity index (χ1v) is 9.35. The number of rotatable bonds is 8. The van der Waals surface area contributed by atoms with E-state index in [1.54, 1.807) is 25.2 Å². The Morgan fingerprint density at radius 2 is 1.96 bits per heavy atom. The van der Waals surface area contributed by atoms with E-state index < -0.39 is 6.61 Å². The normalized spacial score (nSPS) is 15.5. The van der Waals surface area contributed by atoms with Crippen molar-refractivity contribution < 1.29 is 18.3 Å². The van der Waals surface area contributed by atoms with Crippen LogP contribution >= 0.6 is 0 Å². The molecule has 150 valence electrons. The van der Waals surface area contributed by atoms with Crippen molar-refractivity contribution in [2.75, 3.05) is 13.6 Å². The van der Waals surface area contributed by atoms with Crippen molar-refractivity contribution in [3.05, 3.63) is 29.8 Å². The molecule has 0 spiro atoms. The van der Waals surface area contributed by atoms with Crippen LogP contribution in [-0.4, -0.2) is 38.1 Å². The first-order valence-electron chi connectivity index (χ1n) is 9.35. The minimum absolute atomic E-state index is 0.0283. The summed E-state index contributed by atoms with van der Waals surface area (Å²) in [5, 5.41) is 9.16. The van der Waals surface area contributed by atoms with Crippen LogP contribution in [0.4, 0.5) is 8.78 Å². The van der Waals surface area contributed by atoms with Crippen molar-refractivity contribution in [3.8, 4) is 5.75 Å². The topological polar surface area (TPSA) is 74.8 Å². The fraction of sp³-hybridized carbons (Fsp3) is 0.579. The largest absolute Gasteiger partial charge is 0.434 e. The van der Waals surface area contributed by atoms with Crippen molar-refractivity contribution in [2.45, 2.75) is 57.7 Å². The highest BCUT2D eigenvalue weighted by Crippen LogP contribution is 2.20. The molecule has 0 atom stereocenters. The zero-order chi connectivity index (χ0) is 19.5. The number of halogens is 2. The third-order valence-corrected chi connectivity index (χ3v) is 4.47. The number of hydrogen-bond acceptors (Lipinski definition) is 3. The van der Waals surface area contributed by atoms with E-state index in [1.807, 2.05) is 0 Å². The Bertz CT molecular complexity index is 619. The van der Waals surface area contributed by atoms with E-state index in [9.17, 15) is 13.6 Å². The number of nitrogens with zero attached hydrogens (tertiary/aromatic N) is 1. The average Bonchev–Trinajstić information content (AvgIpc) is 2.66. The molecular weight excluding hydrogens is 354 g/mol. The number of amides is 1. The van der Waals surface area contributed by atoms with Crippen LogP contribution in [0.25, 0.3) is 0 Å². The number of carbonyl (C=O) groups excluding carboxylic acids is 1. The van der Waals surface area contributed by atoms with Gasteiger partial charge in [-0.2, -0.15) is 8.78 Å². The molecule has 8 heteroatoms. The van der Waals surface area contributed by atoms with E-state index in [1.165, 1.54) is 25.3 Å². The van der Waals surface area contributed by atoms with Gasteiger partial charge in [-0.05, 0) is 18.9 Å². The Labute approximate surface area is 158 Å². The van der Waals surface area contributed by atoms with Gasteiger partial charge >= 0.3 is 6.61 Å². The quantitative estimate of drug-likeness (QED) is 0.477. The molecule has 1 saturated carbocycles. The lowest BCUT2D eigenvalue weighted by molar-refractivity contribution is -0.121. The number of aliphatic imine (C=N–C) groups is 1. The van der Waals surface area contributed by atoms with Gasteiger partial charge in [-0.1, -0.05) is 37.5 Å². The highest BCUT2D eigenvalue weighted by molar-refractivity contribution is 5.81. The summed E-state index contributed by atoms with van der Waals surface area (Å²) < 4.78 is 29.4. The maximum absolute atomic E-state index is 12.5. The van der Waals surface area contributed by atoms with Crippen molar-refractivity contribution in [2.24, 2.45) is 4.99 Å². The summed E-state index contributed by atoms with van der Waals surface area (Å²) in [6.45, 7) is -2.16. The second-order valence-corrected chi connectivity index (χ2v) is 6.49. The predicted octanol–water partition coefficient (Wildman–Crippen LogP) is 2.79. The van der Waals surface area contributed by atoms with Crippen LogP contribution in [0.1, 0.15) is 44.1 Å². The number of nitrogens with one attached hydrogen (secondary N) is 3. The summed E-state index contributed by atoms with van der Waals surface area (Å²) in [5.74, 6) is 0.648. The van der Waals surface area contributed by atoms with Crippen LogP contribution in [0.15, 0.2) is 29.3 Å². The first-order chi connectivity index (χ1) is 13.1. The number of guanidine groups is 1. The van der Waals surface area contributed by atoms with E-state index in [0.717, 1.165) is 12.8 Å².